The van der Waals surface area contributed by atoms with Crippen LogP contribution in [0.4, 0.5) is 0 Å². The third-order valence-corrected chi connectivity index (χ3v) is 5.67. The van der Waals surface area contributed by atoms with Crippen molar-refractivity contribution in [3.05, 3.63) is 65.3 Å². The summed E-state index contributed by atoms with van der Waals surface area (Å²) in [5.41, 5.74) is 2.78. The number of ether oxygens (including phenoxy) is 1. The van der Waals surface area contributed by atoms with Crippen LogP contribution in [0.1, 0.15) is 42.6 Å². The van der Waals surface area contributed by atoms with Crippen LogP contribution in [0.15, 0.2) is 54.6 Å². The van der Waals surface area contributed by atoms with E-state index >= 15 is 0 Å². The first-order valence-corrected chi connectivity index (χ1v) is 10.3. The molecule has 5 nitrogen and oxygen atoms in total. The summed E-state index contributed by atoms with van der Waals surface area (Å²) >= 11 is 6.41. The van der Waals surface area contributed by atoms with Crippen molar-refractivity contribution in [3.8, 4) is 22.7 Å². The summed E-state index contributed by atoms with van der Waals surface area (Å²) in [7, 11) is 1.63. The molecule has 1 heterocycles. The zero-order chi connectivity index (χ0) is 20.2. The SMILES string of the molecule is COc1ccc(-c2cc(C(=O)NC3CCCCC3)n(-c3ccccc3Cl)n2)cc1. The highest BCUT2D eigenvalue weighted by molar-refractivity contribution is 6.32. The third-order valence-electron chi connectivity index (χ3n) is 5.35. The molecule has 3 aromatic rings. The van der Waals surface area contributed by atoms with E-state index in [1.165, 1.54) is 6.42 Å². The predicted octanol–water partition coefficient (Wildman–Crippen LogP) is 5.26. The maximum absolute atomic E-state index is 13.1. The Morgan fingerprint density at radius 3 is 2.52 bits per heavy atom. The van der Waals surface area contributed by atoms with Crippen LogP contribution in [-0.2, 0) is 0 Å². The molecule has 1 saturated carbocycles. The molecule has 2 aromatic carbocycles. The summed E-state index contributed by atoms with van der Waals surface area (Å²) in [6.07, 6.45) is 5.61. The molecule has 1 aliphatic carbocycles. The molecular weight excluding hydrogens is 386 g/mol. The Bertz CT molecular complexity index is 992. The van der Waals surface area contributed by atoms with Crippen molar-refractivity contribution in [2.24, 2.45) is 0 Å². The number of para-hydroxylation sites is 1. The number of nitrogens with zero attached hydrogens (tertiary/aromatic N) is 2. The van der Waals surface area contributed by atoms with Crippen molar-refractivity contribution in [2.75, 3.05) is 7.11 Å². The quantitative estimate of drug-likeness (QED) is 0.625. The van der Waals surface area contributed by atoms with Crippen LogP contribution in [-0.4, -0.2) is 28.8 Å². The molecule has 0 radical (unpaired) electrons. The van der Waals surface area contributed by atoms with Gasteiger partial charge in [0.1, 0.15) is 11.4 Å². The molecule has 1 fully saturated rings. The zero-order valence-corrected chi connectivity index (χ0v) is 17.2. The molecule has 1 N–H and O–H groups in total. The number of amides is 1. The van der Waals surface area contributed by atoms with E-state index in [2.05, 4.69) is 5.32 Å². The Morgan fingerprint density at radius 1 is 1.10 bits per heavy atom. The van der Waals surface area contributed by atoms with Crippen LogP contribution >= 0.6 is 11.6 Å². The number of halogens is 1. The number of benzene rings is 2. The second-order valence-electron chi connectivity index (χ2n) is 7.31. The van der Waals surface area contributed by atoms with Gasteiger partial charge in [0, 0.05) is 11.6 Å². The maximum atomic E-state index is 13.1. The fraction of sp³-hybridized carbons (Fsp3) is 0.304. The van der Waals surface area contributed by atoms with E-state index in [4.69, 9.17) is 21.4 Å². The Morgan fingerprint density at radius 2 is 1.83 bits per heavy atom. The summed E-state index contributed by atoms with van der Waals surface area (Å²) < 4.78 is 6.87. The van der Waals surface area contributed by atoms with Gasteiger partial charge < -0.3 is 10.1 Å². The molecule has 0 spiro atoms. The largest absolute Gasteiger partial charge is 0.497 e. The van der Waals surface area contributed by atoms with E-state index in [0.29, 0.717) is 22.1 Å². The van der Waals surface area contributed by atoms with Gasteiger partial charge in [-0.15, -0.1) is 0 Å². The number of hydrogen-bond donors (Lipinski definition) is 1. The van der Waals surface area contributed by atoms with Crippen molar-refractivity contribution in [1.82, 2.24) is 15.1 Å². The summed E-state index contributed by atoms with van der Waals surface area (Å²) in [6, 6.07) is 17.1. The molecule has 1 aromatic heterocycles. The van der Waals surface area contributed by atoms with Gasteiger partial charge in [-0.1, -0.05) is 43.0 Å². The highest BCUT2D eigenvalue weighted by Gasteiger charge is 2.22. The lowest BCUT2D eigenvalue weighted by atomic mass is 9.95. The van der Waals surface area contributed by atoms with Gasteiger partial charge >= 0.3 is 0 Å². The van der Waals surface area contributed by atoms with Crippen LogP contribution in [0, 0.1) is 0 Å². The molecule has 0 bridgehead atoms. The molecule has 0 atom stereocenters. The number of methoxy groups -OCH3 is 1. The van der Waals surface area contributed by atoms with Crippen molar-refractivity contribution in [3.63, 3.8) is 0 Å². The Kier molecular flexibility index (Phi) is 5.86. The van der Waals surface area contributed by atoms with Crippen molar-refractivity contribution in [2.45, 2.75) is 38.1 Å². The van der Waals surface area contributed by atoms with E-state index in [1.807, 2.05) is 48.5 Å². The summed E-state index contributed by atoms with van der Waals surface area (Å²) in [5.74, 6) is 0.652. The smallest absolute Gasteiger partial charge is 0.270 e. The van der Waals surface area contributed by atoms with Gasteiger partial charge in [-0.3, -0.25) is 4.79 Å². The van der Waals surface area contributed by atoms with Crippen LogP contribution < -0.4 is 10.1 Å². The normalized spacial score (nSPS) is 14.6. The van der Waals surface area contributed by atoms with E-state index in [-0.39, 0.29) is 11.9 Å². The Labute approximate surface area is 175 Å². The lowest BCUT2D eigenvalue weighted by Gasteiger charge is -2.22. The van der Waals surface area contributed by atoms with Crippen molar-refractivity contribution >= 4 is 17.5 Å². The molecule has 150 valence electrons. The average molecular weight is 410 g/mol. The van der Waals surface area contributed by atoms with Gasteiger partial charge in [0.05, 0.1) is 23.5 Å². The number of aromatic nitrogens is 2. The van der Waals surface area contributed by atoms with E-state index in [0.717, 1.165) is 37.0 Å². The second kappa shape index (κ2) is 8.70. The molecule has 0 unspecified atom stereocenters. The number of carbonyl (C=O) groups excluding carboxylic acids is 1. The molecule has 0 saturated heterocycles. The fourth-order valence-corrected chi connectivity index (χ4v) is 3.97. The maximum Gasteiger partial charge on any atom is 0.270 e. The van der Waals surface area contributed by atoms with Gasteiger partial charge in [0.25, 0.3) is 5.91 Å². The zero-order valence-electron chi connectivity index (χ0n) is 16.4. The number of nitrogens with one attached hydrogen (secondary N) is 1. The number of rotatable bonds is 5. The predicted molar refractivity (Wildman–Crippen MR) is 115 cm³/mol. The second-order valence-corrected chi connectivity index (χ2v) is 7.72. The average Bonchev–Trinajstić information content (AvgIpc) is 3.20. The van der Waals surface area contributed by atoms with Gasteiger partial charge in [0.15, 0.2) is 0 Å². The molecule has 1 amide bonds. The van der Waals surface area contributed by atoms with Gasteiger partial charge in [0.2, 0.25) is 0 Å². The lowest BCUT2D eigenvalue weighted by molar-refractivity contribution is 0.0920. The van der Waals surface area contributed by atoms with Crippen molar-refractivity contribution < 1.29 is 9.53 Å². The molecule has 6 heteroatoms. The van der Waals surface area contributed by atoms with Crippen LogP contribution in [0.25, 0.3) is 16.9 Å². The fourth-order valence-electron chi connectivity index (χ4n) is 3.76. The molecule has 29 heavy (non-hydrogen) atoms. The van der Waals surface area contributed by atoms with Crippen LogP contribution in [0.2, 0.25) is 5.02 Å². The first-order valence-electron chi connectivity index (χ1n) is 9.96. The first-order chi connectivity index (χ1) is 14.2. The van der Waals surface area contributed by atoms with Gasteiger partial charge in [-0.25, -0.2) is 4.68 Å². The first kappa shape index (κ1) is 19.5. The van der Waals surface area contributed by atoms with E-state index in [1.54, 1.807) is 17.9 Å². The highest BCUT2D eigenvalue weighted by Crippen LogP contribution is 2.27. The Hall–Kier alpha value is -2.79. The van der Waals surface area contributed by atoms with Gasteiger partial charge in [-0.05, 0) is 55.3 Å². The van der Waals surface area contributed by atoms with Crippen molar-refractivity contribution in [1.29, 1.82) is 0 Å². The minimum Gasteiger partial charge on any atom is -0.497 e. The molecule has 4 rings (SSSR count). The van der Waals surface area contributed by atoms with Gasteiger partial charge in [-0.2, -0.15) is 5.10 Å². The summed E-state index contributed by atoms with van der Waals surface area (Å²) in [5, 5.41) is 8.44. The number of carbonyl (C=O) groups is 1. The summed E-state index contributed by atoms with van der Waals surface area (Å²) in [6.45, 7) is 0. The van der Waals surface area contributed by atoms with E-state index in [9.17, 15) is 4.79 Å². The molecular formula is C23H24ClN3O2. The standard InChI is InChI=1S/C23H24ClN3O2/c1-29-18-13-11-16(12-14-18)20-15-22(23(28)25-17-7-3-2-4-8-17)27(26-20)21-10-6-5-9-19(21)24/h5-6,9-15,17H,2-4,7-8H2,1H3,(H,25,28). The molecule has 0 aliphatic heterocycles. The lowest BCUT2D eigenvalue weighted by Crippen LogP contribution is -2.37. The molecule has 1 aliphatic rings. The minimum absolute atomic E-state index is 0.121. The summed E-state index contributed by atoms with van der Waals surface area (Å²) in [4.78, 5) is 13.1. The Balaban J connectivity index is 1.72. The van der Waals surface area contributed by atoms with Crippen LogP contribution in [0.5, 0.6) is 5.75 Å². The number of hydrogen-bond acceptors (Lipinski definition) is 3. The highest BCUT2D eigenvalue weighted by atomic mass is 35.5. The topological polar surface area (TPSA) is 56.1 Å². The third kappa shape index (κ3) is 4.30. The van der Waals surface area contributed by atoms with Crippen LogP contribution in [0.3, 0.4) is 0 Å². The monoisotopic (exact) mass is 409 g/mol. The minimum atomic E-state index is -0.121. The van der Waals surface area contributed by atoms with E-state index < -0.39 is 0 Å².